The molecule has 3 heteroatoms. The van der Waals surface area contributed by atoms with E-state index in [4.69, 9.17) is 4.99 Å². The molecule has 0 N–H and O–H groups in total. The maximum Gasteiger partial charge on any atom is 0.0640 e. The highest BCUT2D eigenvalue weighted by Gasteiger charge is 2.34. The van der Waals surface area contributed by atoms with Gasteiger partial charge in [0, 0.05) is 39.1 Å². The second-order valence-electron chi connectivity index (χ2n) is 14.0. The Kier molecular flexibility index (Phi) is 7.09. The summed E-state index contributed by atoms with van der Waals surface area (Å²) in [4.78, 5) is 4.92. The van der Waals surface area contributed by atoms with Crippen molar-refractivity contribution in [2.75, 3.05) is 0 Å². The molecule has 0 saturated carbocycles. The summed E-state index contributed by atoms with van der Waals surface area (Å²) in [5, 5.41) is 5.06. The fraction of sp³-hybridized carbons (Fsp3) is 0.152. The van der Waals surface area contributed by atoms with Gasteiger partial charge in [-0.05, 0) is 83.3 Å². The highest BCUT2D eigenvalue weighted by atomic mass is 15.0. The van der Waals surface area contributed by atoms with Gasteiger partial charge in [-0.2, -0.15) is 0 Å². The molecule has 0 bridgehead atoms. The van der Waals surface area contributed by atoms with Crippen molar-refractivity contribution in [3.05, 3.63) is 169 Å². The molecule has 3 atom stereocenters. The zero-order valence-corrected chi connectivity index (χ0v) is 28.0. The van der Waals surface area contributed by atoms with Crippen LogP contribution in [0.2, 0.25) is 0 Å². The Balaban J connectivity index is 1.08. The zero-order valence-electron chi connectivity index (χ0n) is 28.0. The summed E-state index contributed by atoms with van der Waals surface area (Å²) in [5.74, 6) is 1.06. The van der Waals surface area contributed by atoms with Gasteiger partial charge < -0.3 is 9.13 Å². The topological polar surface area (TPSA) is 22.2 Å². The molecule has 0 fully saturated rings. The number of hydrogen-bond donors (Lipinski definition) is 0. The zero-order chi connectivity index (χ0) is 33.0. The van der Waals surface area contributed by atoms with Crippen molar-refractivity contribution in [1.29, 1.82) is 0 Å². The number of aromatic nitrogens is 2. The molecule has 0 aliphatic heterocycles. The summed E-state index contributed by atoms with van der Waals surface area (Å²) in [6.45, 7) is 5.33. The fourth-order valence-electron chi connectivity index (χ4n) is 8.26. The van der Waals surface area contributed by atoms with Crippen LogP contribution in [0, 0.1) is 17.3 Å². The molecule has 9 rings (SSSR count). The number of nitrogens with zero attached hydrogens (tertiary/aromatic N) is 3. The summed E-state index contributed by atoms with van der Waals surface area (Å²) in [7, 11) is 0. The summed E-state index contributed by atoms with van der Waals surface area (Å²) in [6, 6.07) is 41.9. The van der Waals surface area contributed by atoms with Gasteiger partial charge in [0.25, 0.3) is 0 Å². The van der Waals surface area contributed by atoms with Crippen LogP contribution in [0.15, 0.2) is 168 Å². The third-order valence-corrected chi connectivity index (χ3v) is 10.8. The molecule has 2 aliphatic rings. The lowest BCUT2D eigenvalue weighted by Crippen LogP contribution is -2.30. The third-order valence-electron chi connectivity index (χ3n) is 10.8. The lowest BCUT2D eigenvalue weighted by atomic mass is 9.66. The van der Waals surface area contributed by atoms with Gasteiger partial charge in [-0.25, -0.2) is 0 Å². The molecule has 49 heavy (non-hydrogen) atoms. The smallest absolute Gasteiger partial charge is 0.0640 e. The fourth-order valence-corrected chi connectivity index (χ4v) is 8.26. The van der Waals surface area contributed by atoms with Gasteiger partial charge in [0.05, 0.1) is 28.6 Å². The van der Waals surface area contributed by atoms with Gasteiger partial charge in [0.2, 0.25) is 0 Å². The Morgan fingerprint density at radius 3 is 2.02 bits per heavy atom. The van der Waals surface area contributed by atoms with Crippen LogP contribution >= 0.6 is 0 Å². The monoisotopic (exact) mass is 633 g/mol. The average molecular weight is 634 g/mol. The van der Waals surface area contributed by atoms with E-state index in [0.717, 1.165) is 12.1 Å². The van der Waals surface area contributed by atoms with Crippen LogP contribution in [-0.4, -0.2) is 15.3 Å². The maximum absolute atomic E-state index is 4.92. The van der Waals surface area contributed by atoms with Gasteiger partial charge in [0.15, 0.2) is 0 Å². The van der Waals surface area contributed by atoms with Gasteiger partial charge in [-0.1, -0.05) is 123 Å². The summed E-state index contributed by atoms with van der Waals surface area (Å²) in [5.41, 5.74) is 9.67. The number of aliphatic imine (C=N–C) groups is 1. The second-order valence-corrected chi connectivity index (χ2v) is 14.0. The molecule has 3 unspecified atom stereocenters. The highest BCUT2D eigenvalue weighted by molar-refractivity contribution is 6.19. The van der Waals surface area contributed by atoms with Crippen molar-refractivity contribution < 1.29 is 0 Å². The number of para-hydroxylation sites is 3. The van der Waals surface area contributed by atoms with Gasteiger partial charge >= 0.3 is 0 Å². The van der Waals surface area contributed by atoms with Gasteiger partial charge in [-0.3, -0.25) is 4.99 Å². The van der Waals surface area contributed by atoms with Gasteiger partial charge in [0.1, 0.15) is 0 Å². The van der Waals surface area contributed by atoms with E-state index < -0.39 is 0 Å². The predicted octanol–water partition coefficient (Wildman–Crippen LogP) is 11.7. The van der Waals surface area contributed by atoms with E-state index in [0.29, 0.717) is 18.4 Å². The van der Waals surface area contributed by atoms with Crippen LogP contribution < -0.4 is 0 Å². The molecule has 238 valence electrons. The van der Waals surface area contributed by atoms with Crippen molar-refractivity contribution in [3.63, 3.8) is 0 Å². The Hall–Kier alpha value is -5.67. The normalized spacial score (nSPS) is 20.7. The Bertz CT molecular complexity index is 2530. The molecule has 3 nitrogen and oxygen atoms in total. The first-order valence-corrected chi connectivity index (χ1v) is 17.4. The molecule has 2 heterocycles. The van der Waals surface area contributed by atoms with E-state index in [1.54, 1.807) is 0 Å². The van der Waals surface area contributed by atoms with E-state index in [2.05, 4.69) is 181 Å². The maximum atomic E-state index is 4.92. The first kappa shape index (κ1) is 29.5. The first-order valence-electron chi connectivity index (χ1n) is 17.4. The van der Waals surface area contributed by atoms with E-state index in [1.165, 1.54) is 60.4 Å². The predicted molar refractivity (Wildman–Crippen MR) is 208 cm³/mol. The largest absolute Gasteiger partial charge is 0.309 e. The van der Waals surface area contributed by atoms with Crippen LogP contribution in [0.5, 0.6) is 0 Å². The molecule has 0 spiro atoms. The molecule has 0 saturated heterocycles. The molecular formula is C46H39N3. The average Bonchev–Trinajstić information content (AvgIpc) is 3.64. The lowest BCUT2D eigenvalue weighted by molar-refractivity contribution is 0.257. The molecule has 2 aromatic heterocycles. The van der Waals surface area contributed by atoms with Crippen LogP contribution in [0.25, 0.3) is 55.0 Å². The van der Waals surface area contributed by atoms with Gasteiger partial charge in [-0.15, -0.1) is 0 Å². The van der Waals surface area contributed by atoms with Crippen molar-refractivity contribution >= 4 is 49.8 Å². The summed E-state index contributed by atoms with van der Waals surface area (Å²) >= 11 is 0. The Morgan fingerprint density at radius 2 is 1.33 bits per heavy atom. The van der Waals surface area contributed by atoms with Crippen molar-refractivity contribution in [2.24, 2.45) is 22.2 Å². The molecule has 0 amide bonds. The van der Waals surface area contributed by atoms with Crippen LogP contribution in [0.1, 0.15) is 25.8 Å². The van der Waals surface area contributed by atoms with Crippen LogP contribution in [-0.2, 0) is 6.54 Å². The first-order chi connectivity index (χ1) is 24.1. The molecule has 2 aliphatic carbocycles. The molecule has 5 aromatic carbocycles. The van der Waals surface area contributed by atoms with Crippen LogP contribution in [0.3, 0.4) is 0 Å². The standard InChI is InChI=1S/C46H39N3/c1-32-13-6-9-20-41(32)46(2)25-23-33(24-26-46)30-47-31-34-14-12-17-36(27-34)49-43-22-11-8-19-38(43)40-28-39-37-18-7-10-21-42(37)48(44(39)29-45(40)49)35-15-4-3-5-16-35/h3-25,27-30,32,41H,26,31H2,1-2H3. The summed E-state index contributed by atoms with van der Waals surface area (Å²) < 4.78 is 4.82. The molecule has 0 radical (unpaired) electrons. The Labute approximate surface area is 287 Å². The van der Waals surface area contributed by atoms with E-state index in [1.807, 2.05) is 6.21 Å². The minimum absolute atomic E-state index is 0.135. The molecular weight excluding hydrogens is 595 g/mol. The number of hydrogen-bond acceptors (Lipinski definition) is 1. The minimum Gasteiger partial charge on any atom is -0.309 e. The third kappa shape index (κ3) is 5.00. The Morgan fingerprint density at radius 1 is 0.673 bits per heavy atom. The van der Waals surface area contributed by atoms with Crippen LogP contribution in [0.4, 0.5) is 0 Å². The number of benzene rings is 5. The number of fused-ring (bicyclic) bond motifs is 6. The van der Waals surface area contributed by atoms with Crippen molar-refractivity contribution in [3.8, 4) is 11.4 Å². The number of rotatable bonds is 6. The lowest BCUT2D eigenvalue weighted by Gasteiger charge is -2.38. The SMILES string of the molecule is CC1C=CC=CC1C1(C)C=CC(C=NCc2cccc(-n3c4ccccc4c4cc5c6ccccc6n(-c6ccccc6)c5cc43)c2)=CC1. The highest BCUT2D eigenvalue weighted by Crippen LogP contribution is 2.43. The second kappa shape index (κ2) is 11.8. The summed E-state index contributed by atoms with van der Waals surface area (Å²) in [6.07, 6.45) is 19.1. The number of allylic oxidation sites excluding steroid dienone is 8. The van der Waals surface area contributed by atoms with E-state index in [-0.39, 0.29) is 5.41 Å². The van der Waals surface area contributed by atoms with Crippen molar-refractivity contribution in [1.82, 2.24) is 9.13 Å². The van der Waals surface area contributed by atoms with E-state index >= 15 is 0 Å². The minimum atomic E-state index is 0.135. The van der Waals surface area contributed by atoms with E-state index in [9.17, 15) is 0 Å². The quantitative estimate of drug-likeness (QED) is 0.163. The van der Waals surface area contributed by atoms with Crippen molar-refractivity contribution in [2.45, 2.75) is 26.8 Å². The molecule has 7 aromatic rings.